The highest BCUT2D eigenvalue weighted by Crippen LogP contribution is 2.26. The Balaban J connectivity index is 1.71. The van der Waals surface area contributed by atoms with Gasteiger partial charge in [-0.25, -0.2) is 8.42 Å². The van der Waals surface area contributed by atoms with Gasteiger partial charge in [0.1, 0.15) is 0 Å². The lowest BCUT2D eigenvalue weighted by Crippen LogP contribution is -2.15. The van der Waals surface area contributed by atoms with Crippen molar-refractivity contribution in [2.75, 3.05) is 16.3 Å². The summed E-state index contributed by atoms with van der Waals surface area (Å²) >= 11 is 7.90. The fourth-order valence-electron chi connectivity index (χ4n) is 2.81. The highest BCUT2D eigenvalue weighted by atomic mass is 35.5. The second-order valence-corrected chi connectivity index (χ2v) is 9.98. The van der Waals surface area contributed by atoms with Gasteiger partial charge >= 0.3 is 0 Å². The molecule has 156 valence electrons. The Hall–Kier alpha value is -2.48. The number of rotatable bonds is 7. The van der Waals surface area contributed by atoms with Crippen molar-refractivity contribution in [3.63, 3.8) is 0 Å². The molecule has 3 aromatic carbocycles. The van der Waals surface area contributed by atoms with E-state index in [0.29, 0.717) is 5.69 Å². The van der Waals surface area contributed by atoms with Crippen molar-refractivity contribution in [2.24, 2.45) is 0 Å². The van der Waals surface area contributed by atoms with E-state index in [9.17, 15) is 13.2 Å². The molecule has 8 heteroatoms. The summed E-state index contributed by atoms with van der Waals surface area (Å²) in [5.41, 5.74) is 3.21. The second-order valence-electron chi connectivity index (χ2n) is 6.77. The zero-order valence-electron chi connectivity index (χ0n) is 16.5. The third-order valence-electron chi connectivity index (χ3n) is 4.20. The van der Waals surface area contributed by atoms with Crippen LogP contribution in [0.5, 0.6) is 0 Å². The fraction of sp³-hybridized carbons (Fsp3) is 0.136. The summed E-state index contributed by atoms with van der Waals surface area (Å²) in [4.78, 5) is 13.9. The molecule has 0 spiro atoms. The molecule has 0 aliphatic rings. The first-order chi connectivity index (χ1) is 14.2. The van der Waals surface area contributed by atoms with E-state index in [-0.39, 0.29) is 16.3 Å². The van der Waals surface area contributed by atoms with Gasteiger partial charge in [0.05, 0.1) is 16.8 Å². The normalized spacial score (nSPS) is 11.2. The van der Waals surface area contributed by atoms with Gasteiger partial charge in [0.2, 0.25) is 10.0 Å². The number of thioether (sulfide) groups is 1. The number of nitrogens with one attached hydrogen (secondary N) is 2. The van der Waals surface area contributed by atoms with Crippen LogP contribution in [0.3, 0.4) is 0 Å². The summed E-state index contributed by atoms with van der Waals surface area (Å²) in [6, 6.07) is 20.4. The minimum absolute atomic E-state index is 0.188. The number of halogens is 1. The number of carbonyl (C=O) groups is 1. The molecule has 1 amide bonds. The van der Waals surface area contributed by atoms with Crippen LogP contribution in [-0.4, -0.2) is 20.6 Å². The first kappa shape index (κ1) is 22.2. The summed E-state index contributed by atoms with van der Waals surface area (Å²) in [7, 11) is -3.46. The van der Waals surface area contributed by atoms with E-state index < -0.39 is 15.9 Å². The quantitative estimate of drug-likeness (QED) is 0.452. The Kier molecular flexibility index (Phi) is 7.07. The number of hydrogen-bond donors (Lipinski definition) is 2. The first-order valence-corrected chi connectivity index (χ1v) is 12.3. The van der Waals surface area contributed by atoms with E-state index in [1.165, 1.54) is 23.1 Å². The van der Waals surface area contributed by atoms with E-state index in [2.05, 4.69) is 22.2 Å². The van der Waals surface area contributed by atoms with E-state index in [1.54, 1.807) is 11.8 Å². The van der Waals surface area contributed by atoms with Crippen molar-refractivity contribution < 1.29 is 13.2 Å². The molecule has 0 aliphatic carbocycles. The van der Waals surface area contributed by atoms with Crippen LogP contribution in [0, 0.1) is 6.92 Å². The van der Waals surface area contributed by atoms with Crippen LogP contribution in [0.1, 0.15) is 21.5 Å². The van der Waals surface area contributed by atoms with Crippen molar-refractivity contribution in [2.45, 2.75) is 17.6 Å². The molecule has 0 saturated heterocycles. The molecule has 0 aromatic heterocycles. The van der Waals surface area contributed by atoms with Crippen molar-refractivity contribution in [1.29, 1.82) is 0 Å². The maximum Gasteiger partial charge on any atom is 0.257 e. The zero-order valence-corrected chi connectivity index (χ0v) is 18.9. The van der Waals surface area contributed by atoms with Gasteiger partial charge < -0.3 is 5.32 Å². The number of aryl methyl sites for hydroxylation is 1. The molecule has 5 nitrogen and oxygen atoms in total. The third kappa shape index (κ3) is 6.26. The van der Waals surface area contributed by atoms with Crippen LogP contribution in [0.15, 0.2) is 71.6 Å². The van der Waals surface area contributed by atoms with Gasteiger partial charge in [0.25, 0.3) is 5.91 Å². The second kappa shape index (κ2) is 9.55. The maximum absolute atomic E-state index is 12.7. The first-order valence-electron chi connectivity index (χ1n) is 9.07. The van der Waals surface area contributed by atoms with Crippen molar-refractivity contribution in [3.05, 3.63) is 88.4 Å². The van der Waals surface area contributed by atoms with Crippen LogP contribution >= 0.6 is 23.4 Å². The lowest BCUT2D eigenvalue weighted by atomic mass is 10.1. The van der Waals surface area contributed by atoms with E-state index >= 15 is 0 Å². The third-order valence-corrected chi connectivity index (χ3v) is 6.22. The molecular formula is C22H21ClN2O3S2. The molecule has 0 bridgehead atoms. The summed E-state index contributed by atoms with van der Waals surface area (Å²) in [6.07, 6.45) is 1.04. The summed E-state index contributed by atoms with van der Waals surface area (Å²) < 4.78 is 25.2. The maximum atomic E-state index is 12.7. The number of carbonyl (C=O) groups excluding carboxylic acids is 1. The number of hydrogen-bond acceptors (Lipinski definition) is 4. The topological polar surface area (TPSA) is 75.3 Å². The largest absolute Gasteiger partial charge is 0.322 e. The molecule has 0 aliphatic heterocycles. The average Bonchev–Trinajstić information content (AvgIpc) is 2.69. The predicted octanol–water partition coefficient (Wildman–Crippen LogP) is 5.56. The van der Waals surface area contributed by atoms with Crippen molar-refractivity contribution in [3.8, 4) is 0 Å². The van der Waals surface area contributed by atoms with Gasteiger partial charge in [-0.05, 0) is 54.4 Å². The van der Waals surface area contributed by atoms with E-state index in [0.717, 1.165) is 23.1 Å². The Morgan fingerprint density at radius 2 is 1.77 bits per heavy atom. The van der Waals surface area contributed by atoms with Crippen LogP contribution in [0.2, 0.25) is 5.02 Å². The Labute approximate surface area is 185 Å². The number of amides is 1. The van der Waals surface area contributed by atoms with Gasteiger partial charge in [-0.15, -0.1) is 11.8 Å². The van der Waals surface area contributed by atoms with Gasteiger partial charge in [-0.2, -0.15) is 0 Å². The lowest BCUT2D eigenvalue weighted by Gasteiger charge is -2.12. The highest BCUT2D eigenvalue weighted by Gasteiger charge is 2.14. The highest BCUT2D eigenvalue weighted by molar-refractivity contribution is 7.98. The van der Waals surface area contributed by atoms with Crippen molar-refractivity contribution >= 4 is 50.7 Å². The van der Waals surface area contributed by atoms with Gasteiger partial charge in [-0.1, -0.05) is 41.9 Å². The molecule has 0 radical (unpaired) electrons. The van der Waals surface area contributed by atoms with Crippen molar-refractivity contribution in [1.82, 2.24) is 0 Å². The number of anilines is 2. The number of benzene rings is 3. The molecule has 0 saturated carbocycles. The van der Waals surface area contributed by atoms with Crippen LogP contribution in [0.4, 0.5) is 11.4 Å². The summed E-state index contributed by atoms with van der Waals surface area (Å²) in [5.74, 6) is 0.413. The molecule has 0 heterocycles. The molecule has 0 fully saturated rings. The number of sulfonamides is 1. The van der Waals surface area contributed by atoms with Crippen LogP contribution < -0.4 is 10.0 Å². The van der Waals surface area contributed by atoms with Gasteiger partial charge in [-0.3, -0.25) is 9.52 Å². The SMILES string of the molecule is Cc1cc(CSc2ccccc2)ccc1NC(=O)c1cc(NS(C)(=O)=O)ccc1Cl. The lowest BCUT2D eigenvalue weighted by molar-refractivity contribution is 0.102. The molecule has 3 aromatic rings. The molecule has 3 rings (SSSR count). The van der Waals surface area contributed by atoms with Gasteiger partial charge in [0, 0.05) is 22.0 Å². The van der Waals surface area contributed by atoms with Crippen LogP contribution in [0.25, 0.3) is 0 Å². The standard InChI is InChI=1S/C22H21ClN2O3S2/c1-15-12-16(14-29-18-6-4-3-5-7-18)8-11-21(15)24-22(26)19-13-17(9-10-20(19)23)25-30(2,27)28/h3-13,25H,14H2,1-2H3,(H,24,26). The smallest absolute Gasteiger partial charge is 0.257 e. The molecule has 30 heavy (non-hydrogen) atoms. The molecule has 0 unspecified atom stereocenters. The molecule has 2 N–H and O–H groups in total. The molecule has 0 atom stereocenters. The van der Waals surface area contributed by atoms with E-state index in [1.807, 2.05) is 43.3 Å². The predicted molar refractivity (Wildman–Crippen MR) is 125 cm³/mol. The zero-order chi connectivity index (χ0) is 21.7. The van der Waals surface area contributed by atoms with E-state index in [4.69, 9.17) is 11.6 Å². The summed E-state index contributed by atoms with van der Waals surface area (Å²) in [6.45, 7) is 1.93. The average molecular weight is 461 g/mol. The minimum Gasteiger partial charge on any atom is -0.322 e. The Bertz CT molecular complexity index is 1170. The van der Waals surface area contributed by atoms with Gasteiger partial charge in [0.15, 0.2) is 0 Å². The summed E-state index contributed by atoms with van der Waals surface area (Å²) in [5, 5.41) is 3.09. The Morgan fingerprint density at radius 1 is 1.03 bits per heavy atom. The fourth-order valence-corrected chi connectivity index (χ4v) is 4.43. The minimum atomic E-state index is -3.46. The van der Waals surface area contributed by atoms with Crippen LogP contribution in [-0.2, 0) is 15.8 Å². The molecular weight excluding hydrogens is 440 g/mol. The monoisotopic (exact) mass is 460 g/mol. The Morgan fingerprint density at radius 3 is 2.43 bits per heavy atom.